The highest BCUT2D eigenvalue weighted by Crippen LogP contribution is 2.32. The molecule has 0 saturated heterocycles. The molecule has 0 aromatic heterocycles. The summed E-state index contributed by atoms with van der Waals surface area (Å²) in [7, 11) is 0. The number of amides is 2. The molecule has 3 aromatic carbocycles. The third-order valence-corrected chi connectivity index (χ3v) is 5.93. The zero-order valence-corrected chi connectivity index (χ0v) is 18.3. The van der Waals surface area contributed by atoms with Crippen molar-refractivity contribution in [1.82, 2.24) is 10.2 Å². The second-order valence-electron chi connectivity index (χ2n) is 8.23. The number of nitrogens with one attached hydrogen (secondary N) is 1. The van der Waals surface area contributed by atoms with Crippen molar-refractivity contribution in [2.75, 3.05) is 6.54 Å². The molecule has 0 bridgehead atoms. The van der Waals surface area contributed by atoms with Gasteiger partial charge in [-0.15, -0.1) is 0 Å². The predicted molar refractivity (Wildman–Crippen MR) is 121 cm³/mol. The van der Waals surface area contributed by atoms with E-state index in [1.54, 1.807) is 48.5 Å². The summed E-state index contributed by atoms with van der Waals surface area (Å²) in [5.41, 5.74) is 1.58. The molecular weight excluding hydrogens is 423 g/mol. The quantitative estimate of drug-likeness (QED) is 0.604. The molecule has 2 amide bonds. The minimum Gasteiger partial charge on any atom is -0.508 e. The average molecular weight is 446 g/mol. The third-order valence-electron chi connectivity index (χ3n) is 5.93. The fourth-order valence-corrected chi connectivity index (χ4v) is 4.29. The number of carbonyl (C=O) groups excluding carboxylic acids is 3. The fourth-order valence-electron chi connectivity index (χ4n) is 4.29. The van der Waals surface area contributed by atoms with Gasteiger partial charge in [0.05, 0.1) is 6.54 Å². The van der Waals surface area contributed by atoms with Gasteiger partial charge >= 0.3 is 0 Å². The van der Waals surface area contributed by atoms with Gasteiger partial charge in [-0.25, -0.2) is 4.39 Å². The van der Waals surface area contributed by atoms with Crippen molar-refractivity contribution < 1.29 is 23.9 Å². The zero-order chi connectivity index (χ0) is 23.8. The summed E-state index contributed by atoms with van der Waals surface area (Å²) in [6, 6.07) is 17.9. The van der Waals surface area contributed by atoms with Crippen molar-refractivity contribution in [3.63, 3.8) is 0 Å². The minimum atomic E-state index is -1.47. The van der Waals surface area contributed by atoms with Crippen LogP contribution in [0.15, 0.2) is 66.7 Å². The van der Waals surface area contributed by atoms with Gasteiger partial charge in [0.15, 0.2) is 5.78 Å². The summed E-state index contributed by atoms with van der Waals surface area (Å²) < 4.78 is 13.7. The Balaban J connectivity index is 1.71. The number of ketones is 1. The number of hydrogen-bond acceptors (Lipinski definition) is 4. The Kier molecular flexibility index (Phi) is 5.72. The maximum Gasteiger partial charge on any atom is 0.254 e. The number of nitrogens with zero attached hydrogens (tertiary/aromatic N) is 1. The maximum atomic E-state index is 13.7. The zero-order valence-electron chi connectivity index (χ0n) is 18.3. The van der Waals surface area contributed by atoms with E-state index in [1.807, 2.05) is 6.07 Å². The summed E-state index contributed by atoms with van der Waals surface area (Å²) >= 11 is 0. The van der Waals surface area contributed by atoms with Gasteiger partial charge in [-0.3, -0.25) is 14.4 Å². The molecule has 0 fully saturated rings. The molecule has 1 aliphatic rings. The number of carbonyl (C=O) groups is 3. The van der Waals surface area contributed by atoms with Gasteiger partial charge in [-0.2, -0.15) is 0 Å². The van der Waals surface area contributed by atoms with Crippen LogP contribution in [0, 0.1) is 5.82 Å². The van der Waals surface area contributed by atoms with Gasteiger partial charge in [0.25, 0.3) is 5.91 Å². The number of rotatable bonds is 6. The van der Waals surface area contributed by atoms with Crippen LogP contribution in [0.5, 0.6) is 5.75 Å². The van der Waals surface area contributed by atoms with Gasteiger partial charge in [-0.1, -0.05) is 42.5 Å². The van der Waals surface area contributed by atoms with Crippen molar-refractivity contribution in [2.24, 2.45) is 0 Å². The van der Waals surface area contributed by atoms with Crippen LogP contribution in [0.3, 0.4) is 0 Å². The average Bonchev–Trinajstić information content (AvgIpc) is 3.07. The molecule has 0 saturated carbocycles. The molecular formula is C26H23FN2O4. The highest BCUT2D eigenvalue weighted by atomic mass is 19.1. The number of hydrogen-bond donors (Lipinski definition) is 2. The first-order valence-electron chi connectivity index (χ1n) is 10.5. The van der Waals surface area contributed by atoms with Crippen LogP contribution in [-0.2, 0) is 21.7 Å². The highest BCUT2D eigenvalue weighted by Gasteiger charge is 2.43. The molecule has 168 valence electrons. The summed E-state index contributed by atoms with van der Waals surface area (Å²) in [5, 5.41) is 12.5. The lowest BCUT2D eigenvalue weighted by Gasteiger charge is -2.36. The van der Waals surface area contributed by atoms with Crippen molar-refractivity contribution >= 4 is 17.6 Å². The molecule has 0 spiro atoms. The van der Waals surface area contributed by atoms with Crippen LogP contribution in [0.4, 0.5) is 4.39 Å². The Labute approximate surface area is 190 Å². The molecule has 4 rings (SSSR count). The van der Waals surface area contributed by atoms with E-state index in [0.29, 0.717) is 11.1 Å². The predicted octanol–water partition coefficient (Wildman–Crippen LogP) is 3.77. The van der Waals surface area contributed by atoms with E-state index in [0.717, 1.165) is 11.1 Å². The Morgan fingerprint density at radius 1 is 1.03 bits per heavy atom. The maximum absolute atomic E-state index is 13.7. The number of phenols is 1. The van der Waals surface area contributed by atoms with Gasteiger partial charge < -0.3 is 15.3 Å². The molecule has 0 radical (unpaired) electrons. The molecule has 0 aliphatic carbocycles. The lowest BCUT2D eigenvalue weighted by Crippen LogP contribution is -2.57. The Morgan fingerprint density at radius 3 is 2.39 bits per heavy atom. The molecule has 1 atom stereocenters. The van der Waals surface area contributed by atoms with Gasteiger partial charge in [0.1, 0.15) is 17.1 Å². The van der Waals surface area contributed by atoms with E-state index in [-0.39, 0.29) is 30.2 Å². The van der Waals surface area contributed by atoms with Gasteiger partial charge in [0, 0.05) is 19.0 Å². The molecule has 1 aliphatic heterocycles. The second-order valence-corrected chi connectivity index (χ2v) is 8.23. The Bertz CT molecular complexity index is 1260. The molecule has 33 heavy (non-hydrogen) atoms. The minimum absolute atomic E-state index is 0.0947. The SMILES string of the molecule is CC(=O)N[C@@](CN1Cc2ccc(F)cc2C1=O)(C(C)=O)c1ccc(-c2cccc(O)c2)cc1. The van der Waals surface area contributed by atoms with Crippen molar-refractivity contribution in [1.29, 1.82) is 0 Å². The number of halogens is 1. The van der Waals surface area contributed by atoms with E-state index in [2.05, 4.69) is 5.32 Å². The topological polar surface area (TPSA) is 86.7 Å². The van der Waals surface area contributed by atoms with E-state index < -0.39 is 23.2 Å². The van der Waals surface area contributed by atoms with Crippen LogP contribution in [-0.4, -0.2) is 34.1 Å². The van der Waals surface area contributed by atoms with Crippen molar-refractivity contribution in [3.05, 3.63) is 89.2 Å². The highest BCUT2D eigenvalue weighted by molar-refractivity contribution is 5.99. The van der Waals surface area contributed by atoms with E-state index >= 15 is 0 Å². The third kappa shape index (κ3) is 4.22. The standard InChI is InChI=1S/C26H23FN2O4/c1-16(30)26(28-17(2)31,15-29-14-20-8-11-22(27)13-24(20)25(29)33)21-9-6-18(7-10-21)19-4-3-5-23(32)12-19/h3-13,32H,14-15H2,1-2H3,(H,28,31)/t26-/m0/s1. The fraction of sp³-hybridized carbons (Fsp3) is 0.192. The smallest absolute Gasteiger partial charge is 0.254 e. The van der Waals surface area contributed by atoms with Crippen LogP contribution >= 0.6 is 0 Å². The molecule has 1 heterocycles. The molecule has 7 heteroatoms. The number of aromatic hydroxyl groups is 1. The van der Waals surface area contributed by atoms with E-state index in [1.165, 1.54) is 30.9 Å². The summed E-state index contributed by atoms with van der Waals surface area (Å²) in [5.74, 6) is -1.52. The molecule has 6 nitrogen and oxygen atoms in total. The number of phenolic OH excluding ortho intramolecular Hbond substituents is 1. The molecule has 0 unspecified atom stereocenters. The summed E-state index contributed by atoms with van der Waals surface area (Å²) in [6.45, 7) is 2.80. The van der Waals surface area contributed by atoms with Crippen LogP contribution < -0.4 is 5.32 Å². The van der Waals surface area contributed by atoms with Gasteiger partial charge in [0.2, 0.25) is 5.91 Å². The molecule has 2 N–H and O–H groups in total. The number of benzene rings is 3. The normalized spacial score (nSPS) is 14.5. The lowest BCUT2D eigenvalue weighted by atomic mass is 9.84. The monoisotopic (exact) mass is 446 g/mol. The first-order chi connectivity index (χ1) is 15.7. The van der Waals surface area contributed by atoms with Gasteiger partial charge in [-0.05, 0) is 53.4 Å². The van der Waals surface area contributed by atoms with E-state index in [9.17, 15) is 23.9 Å². The largest absolute Gasteiger partial charge is 0.508 e. The van der Waals surface area contributed by atoms with Crippen molar-refractivity contribution in [3.8, 4) is 16.9 Å². The Hall–Kier alpha value is -4.00. The number of Topliss-reactive ketones (excluding diaryl/α,β-unsaturated/α-hetero) is 1. The second kappa shape index (κ2) is 8.50. The molecule has 3 aromatic rings. The van der Waals surface area contributed by atoms with E-state index in [4.69, 9.17) is 0 Å². The van der Waals surface area contributed by atoms with Crippen LogP contribution in [0.1, 0.15) is 35.3 Å². The van der Waals surface area contributed by atoms with Crippen LogP contribution in [0.25, 0.3) is 11.1 Å². The summed E-state index contributed by atoms with van der Waals surface area (Å²) in [6.07, 6.45) is 0. The van der Waals surface area contributed by atoms with Crippen LogP contribution in [0.2, 0.25) is 0 Å². The lowest BCUT2D eigenvalue weighted by molar-refractivity contribution is -0.131. The first-order valence-corrected chi connectivity index (χ1v) is 10.5. The summed E-state index contributed by atoms with van der Waals surface area (Å²) in [4.78, 5) is 39.5. The Morgan fingerprint density at radius 2 is 1.76 bits per heavy atom. The number of fused-ring (bicyclic) bond motifs is 1. The first kappa shape index (κ1) is 22.2. The van der Waals surface area contributed by atoms with Crippen molar-refractivity contribution in [2.45, 2.75) is 25.9 Å².